The summed E-state index contributed by atoms with van der Waals surface area (Å²) < 4.78 is 5.44. The van der Waals surface area contributed by atoms with Gasteiger partial charge in [-0.3, -0.25) is 4.90 Å². The van der Waals surface area contributed by atoms with Crippen molar-refractivity contribution in [1.82, 2.24) is 4.90 Å². The van der Waals surface area contributed by atoms with Gasteiger partial charge in [0, 0.05) is 12.6 Å². The van der Waals surface area contributed by atoms with Crippen LogP contribution >= 0.6 is 0 Å². The predicted molar refractivity (Wildman–Crippen MR) is 120 cm³/mol. The highest BCUT2D eigenvalue weighted by molar-refractivity contribution is 6.09. The second kappa shape index (κ2) is 7.97. The second-order valence-corrected chi connectivity index (χ2v) is 8.86. The van der Waals surface area contributed by atoms with Gasteiger partial charge in [0.15, 0.2) is 0 Å². The third kappa shape index (κ3) is 3.51. The fourth-order valence-corrected chi connectivity index (χ4v) is 5.79. The number of hydrogen-bond acceptors (Lipinski definition) is 3. The molecule has 1 saturated carbocycles. The maximum absolute atomic E-state index is 11.4. The highest BCUT2D eigenvalue weighted by atomic mass is 16.5. The molecule has 5 rings (SSSR count). The molecule has 3 heteroatoms. The smallest absolute Gasteiger partial charge is 0.119 e. The van der Waals surface area contributed by atoms with Crippen LogP contribution in [0.15, 0.2) is 48.5 Å². The van der Waals surface area contributed by atoms with Gasteiger partial charge < -0.3 is 9.84 Å². The number of aliphatic hydroxyl groups excluding tert-OH is 1. The molecular weight excluding hydrogens is 358 g/mol. The van der Waals surface area contributed by atoms with Crippen molar-refractivity contribution in [3.63, 3.8) is 0 Å². The molecule has 152 valence electrons. The van der Waals surface area contributed by atoms with E-state index < -0.39 is 6.10 Å². The van der Waals surface area contributed by atoms with Crippen molar-refractivity contribution in [2.75, 3.05) is 20.2 Å². The molecule has 3 atom stereocenters. The van der Waals surface area contributed by atoms with E-state index in [-0.39, 0.29) is 0 Å². The van der Waals surface area contributed by atoms with Crippen molar-refractivity contribution in [3.8, 4) is 5.75 Å². The number of rotatable bonds is 4. The first kappa shape index (κ1) is 18.9. The van der Waals surface area contributed by atoms with Crippen LogP contribution in [0.2, 0.25) is 0 Å². The lowest BCUT2D eigenvalue weighted by atomic mass is 9.78. The molecule has 0 radical (unpaired) electrons. The summed E-state index contributed by atoms with van der Waals surface area (Å²) in [6.45, 7) is 1.87. The molecule has 0 spiro atoms. The molecule has 3 unspecified atom stereocenters. The number of benzene rings is 3. The van der Waals surface area contributed by atoms with E-state index in [1.165, 1.54) is 49.3 Å². The third-order valence-electron chi connectivity index (χ3n) is 7.22. The van der Waals surface area contributed by atoms with E-state index >= 15 is 0 Å². The van der Waals surface area contributed by atoms with Crippen LogP contribution in [-0.4, -0.2) is 36.2 Å². The number of hydrogen-bond donors (Lipinski definition) is 1. The Hall–Kier alpha value is -2.10. The number of fused-ring (bicyclic) bond motifs is 4. The summed E-state index contributed by atoms with van der Waals surface area (Å²) in [5.41, 5.74) is 1.05. The molecule has 1 heterocycles. The SMILES string of the molecule is COc1ccc2cc(C(O)CN3CCCC4CCCCC43)c3ccccc3c2c1. The number of methoxy groups -OCH3 is 1. The van der Waals surface area contributed by atoms with Gasteiger partial charge in [0.1, 0.15) is 5.75 Å². The fraction of sp³-hybridized carbons (Fsp3) is 0.462. The van der Waals surface area contributed by atoms with E-state index in [1.54, 1.807) is 7.11 Å². The lowest BCUT2D eigenvalue weighted by molar-refractivity contribution is 0.0209. The van der Waals surface area contributed by atoms with Crippen LogP contribution in [0.25, 0.3) is 21.5 Å². The Balaban J connectivity index is 1.51. The molecule has 3 aromatic carbocycles. The summed E-state index contributed by atoms with van der Waals surface area (Å²) >= 11 is 0. The van der Waals surface area contributed by atoms with Gasteiger partial charge in [-0.25, -0.2) is 0 Å². The van der Waals surface area contributed by atoms with Crippen LogP contribution < -0.4 is 4.74 Å². The maximum atomic E-state index is 11.4. The monoisotopic (exact) mass is 389 g/mol. The molecule has 1 saturated heterocycles. The van der Waals surface area contributed by atoms with Gasteiger partial charge >= 0.3 is 0 Å². The molecule has 0 bridgehead atoms. The van der Waals surface area contributed by atoms with Gasteiger partial charge in [0.25, 0.3) is 0 Å². The first-order valence-electron chi connectivity index (χ1n) is 11.2. The van der Waals surface area contributed by atoms with Gasteiger partial charge in [-0.15, -0.1) is 0 Å². The van der Waals surface area contributed by atoms with E-state index in [0.717, 1.165) is 41.1 Å². The number of ether oxygens (including phenoxy) is 1. The van der Waals surface area contributed by atoms with Gasteiger partial charge in [-0.05, 0) is 83.5 Å². The number of nitrogens with zero attached hydrogens (tertiary/aromatic N) is 1. The molecule has 2 aliphatic rings. The zero-order valence-electron chi connectivity index (χ0n) is 17.3. The summed E-state index contributed by atoms with van der Waals surface area (Å²) in [7, 11) is 1.71. The van der Waals surface area contributed by atoms with E-state index in [1.807, 2.05) is 6.07 Å². The van der Waals surface area contributed by atoms with Gasteiger partial charge in [0.05, 0.1) is 13.2 Å². The Labute approximate surface area is 173 Å². The van der Waals surface area contributed by atoms with Crippen LogP contribution in [0.3, 0.4) is 0 Å². The van der Waals surface area contributed by atoms with Crippen LogP contribution in [0.1, 0.15) is 50.2 Å². The molecule has 1 aliphatic heterocycles. The van der Waals surface area contributed by atoms with E-state index in [4.69, 9.17) is 4.74 Å². The van der Waals surface area contributed by atoms with Crippen LogP contribution in [-0.2, 0) is 0 Å². The number of likely N-dealkylation sites (tertiary alicyclic amines) is 1. The lowest BCUT2D eigenvalue weighted by Crippen LogP contribution is -2.48. The first-order chi connectivity index (χ1) is 14.2. The third-order valence-corrected chi connectivity index (χ3v) is 7.22. The van der Waals surface area contributed by atoms with Crippen molar-refractivity contribution >= 4 is 21.5 Å². The van der Waals surface area contributed by atoms with Crippen molar-refractivity contribution < 1.29 is 9.84 Å². The molecule has 0 amide bonds. The topological polar surface area (TPSA) is 32.7 Å². The Bertz CT molecular complexity index is 1010. The minimum atomic E-state index is -0.466. The zero-order valence-corrected chi connectivity index (χ0v) is 17.3. The molecule has 0 aromatic heterocycles. The predicted octanol–water partition coefficient (Wildman–Crippen LogP) is 5.69. The zero-order chi connectivity index (χ0) is 19.8. The Morgan fingerprint density at radius 2 is 1.76 bits per heavy atom. The largest absolute Gasteiger partial charge is 0.497 e. The first-order valence-corrected chi connectivity index (χ1v) is 11.2. The quantitative estimate of drug-likeness (QED) is 0.582. The molecule has 3 nitrogen and oxygen atoms in total. The van der Waals surface area contributed by atoms with E-state index in [2.05, 4.69) is 47.4 Å². The summed E-state index contributed by atoms with van der Waals surface area (Å²) in [4.78, 5) is 2.59. The second-order valence-electron chi connectivity index (χ2n) is 8.86. The summed E-state index contributed by atoms with van der Waals surface area (Å²) in [6, 6.07) is 17.5. The van der Waals surface area contributed by atoms with Gasteiger partial charge in [-0.2, -0.15) is 0 Å². The van der Waals surface area contributed by atoms with Crippen LogP contribution in [0, 0.1) is 5.92 Å². The highest BCUT2D eigenvalue weighted by Gasteiger charge is 2.34. The van der Waals surface area contributed by atoms with E-state index in [9.17, 15) is 5.11 Å². The van der Waals surface area contributed by atoms with Crippen molar-refractivity contribution in [3.05, 3.63) is 54.1 Å². The van der Waals surface area contributed by atoms with Crippen molar-refractivity contribution in [2.24, 2.45) is 5.92 Å². The van der Waals surface area contributed by atoms with Gasteiger partial charge in [0.2, 0.25) is 0 Å². The Morgan fingerprint density at radius 1 is 0.966 bits per heavy atom. The molecule has 29 heavy (non-hydrogen) atoms. The lowest BCUT2D eigenvalue weighted by Gasteiger charge is -2.45. The standard InChI is InChI=1S/C26H31NO2/c1-29-20-13-12-19-15-24(22-10-4-3-9-21(22)23(19)16-20)26(28)17-27-14-6-8-18-7-2-5-11-25(18)27/h3-4,9-10,12-13,15-16,18,25-26,28H,2,5-8,11,14,17H2,1H3. The summed E-state index contributed by atoms with van der Waals surface area (Å²) in [5.74, 6) is 1.71. The van der Waals surface area contributed by atoms with Crippen LogP contribution in [0.5, 0.6) is 5.75 Å². The Kier molecular flexibility index (Phi) is 5.19. The van der Waals surface area contributed by atoms with Crippen LogP contribution in [0.4, 0.5) is 0 Å². The van der Waals surface area contributed by atoms with Gasteiger partial charge in [-0.1, -0.05) is 43.2 Å². The number of aliphatic hydroxyl groups is 1. The molecular formula is C26H31NO2. The normalized spacial score (nSPS) is 23.8. The average molecular weight is 390 g/mol. The minimum Gasteiger partial charge on any atom is -0.497 e. The molecule has 2 fully saturated rings. The minimum absolute atomic E-state index is 0.466. The Morgan fingerprint density at radius 3 is 2.62 bits per heavy atom. The molecule has 3 aromatic rings. The van der Waals surface area contributed by atoms with Crippen molar-refractivity contribution in [2.45, 2.75) is 50.7 Å². The molecule has 1 N–H and O–H groups in total. The summed E-state index contributed by atoms with van der Waals surface area (Å²) in [6.07, 6.45) is 7.58. The number of β-amino-alcohol motifs (C(OH)–C–C–N with tert-alkyl or cyclic N) is 1. The maximum Gasteiger partial charge on any atom is 0.119 e. The van der Waals surface area contributed by atoms with E-state index in [0.29, 0.717) is 6.04 Å². The average Bonchev–Trinajstić information content (AvgIpc) is 2.78. The summed E-state index contributed by atoms with van der Waals surface area (Å²) in [5, 5.41) is 16.0. The fourth-order valence-electron chi connectivity index (χ4n) is 5.79. The number of piperidine rings is 1. The molecule has 1 aliphatic carbocycles. The van der Waals surface area contributed by atoms with Crippen molar-refractivity contribution in [1.29, 1.82) is 0 Å². The highest BCUT2D eigenvalue weighted by Crippen LogP contribution is 2.38.